The minimum absolute atomic E-state index is 0.0445. The van der Waals surface area contributed by atoms with Crippen molar-refractivity contribution in [3.05, 3.63) is 0 Å². The third kappa shape index (κ3) is 13.9. The fraction of sp³-hybridized carbons (Fsp3) is 0.889. The molecule has 0 saturated heterocycles. The zero-order chi connectivity index (χ0) is 17.0. The summed E-state index contributed by atoms with van der Waals surface area (Å²) in [6, 6.07) is 0. The second-order valence-corrected chi connectivity index (χ2v) is 7.04. The van der Waals surface area contributed by atoms with E-state index in [1.54, 1.807) is 0 Å². The Morgan fingerprint density at radius 1 is 0.727 bits per heavy atom. The van der Waals surface area contributed by atoms with Crippen molar-refractivity contribution in [2.75, 3.05) is 13.2 Å². The molecule has 0 spiro atoms. The molecule has 0 aliphatic rings. The predicted octanol–water partition coefficient (Wildman–Crippen LogP) is 4.36. The van der Waals surface area contributed by atoms with Crippen LogP contribution in [0.2, 0.25) is 0 Å². The van der Waals surface area contributed by atoms with Gasteiger partial charge in [-0.3, -0.25) is 9.59 Å². The largest absolute Gasteiger partial charge is 0.465 e. The van der Waals surface area contributed by atoms with Crippen molar-refractivity contribution in [1.29, 1.82) is 0 Å². The molecule has 0 rings (SSSR count). The van der Waals surface area contributed by atoms with E-state index in [4.69, 9.17) is 9.47 Å². The smallest absolute Gasteiger partial charge is 0.305 e. The lowest BCUT2D eigenvalue weighted by Gasteiger charge is -2.13. The number of esters is 2. The van der Waals surface area contributed by atoms with Crippen LogP contribution in [0, 0.1) is 17.8 Å². The maximum atomic E-state index is 11.5. The molecule has 0 heterocycles. The van der Waals surface area contributed by atoms with E-state index in [1.807, 2.05) is 6.92 Å². The van der Waals surface area contributed by atoms with Gasteiger partial charge in [-0.1, -0.05) is 47.5 Å². The van der Waals surface area contributed by atoms with Crippen molar-refractivity contribution in [1.82, 2.24) is 0 Å². The quantitative estimate of drug-likeness (QED) is 0.502. The van der Waals surface area contributed by atoms with Gasteiger partial charge in [0.15, 0.2) is 0 Å². The van der Waals surface area contributed by atoms with Crippen molar-refractivity contribution in [2.24, 2.45) is 17.8 Å². The minimum Gasteiger partial charge on any atom is -0.465 e. The lowest BCUT2D eigenvalue weighted by molar-refractivity contribution is -0.148. The molecule has 0 fully saturated rings. The van der Waals surface area contributed by atoms with Gasteiger partial charge in [-0.05, 0) is 24.7 Å². The van der Waals surface area contributed by atoms with E-state index in [0.717, 1.165) is 25.7 Å². The molecule has 0 radical (unpaired) electrons. The van der Waals surface area contributed by atoms with E-state index in [0.29, 0.717) is 37.9 Å². The molecule has 0 aromatic carbocycles. The van der Waals surface area contributed by atoms with Crippen LogP contribution in [0.25, 0.3) is 0 Å². The van der Waals surface area contributed by atoms with Crippen molar-refractivity contribution >= 4 is 11.9 Å². The van der Waals surface area contributed by atoms with Gasteiger partial charge in [-0.2, -0.15) is 0 Å². The van der Waals surface area contributed by atoms with Gasteiger partial charge in [0.1, 0.15) is 0 Å². The average Bonchev–Trinajstić information content (AvgIpc) is 2.42. The van der Waals surface area contributed by atoms with Gasteiger partial charge in [0, 0.05) is 18.8 Å². The highest BCUT2D eigenvalue weighted by molar-refractivity contribution is 5.69. The number of carbonyl (C=O) groups is 2. The number of rotatable bonds is 12. The molecule has 0 aromatic rings. The van der Waals surface area contributed by atoms with E-state index in [-0.39, 0.29) is 17.9 Å². The summed E-state index contributed by atoms with van der Waals surface area (Å²) in [5, 5.41) is 0. The molecular weight excluding hydrogens is 280 g/mol. The summed E-state index contributed by atoms with van der Waals surface area (Å²) in [6.45, 7) is 11.1. The predicted molar refractivity (Wildman–Crippen MR) is 88.5 cm³/mol. The van der Waals surface area contributed by atoms with Gasteiger partial charge in [0.05, 0.1) is 13.2 Å². The Hall–Kier alpha value is -1.06. The molecule has 130 valence electrons. The van der Waals surface area contributed by atoms with Crippen LogP contribution in [0.15, 0.2) is 0 Å². The highest BCUT2D eigenvalue weighted by atomic mass is 16.5. The summed E-state index contributed by atoms with van der Waals surface area (Å²) < 4.78 is 10.4. The van der Waals surface area contributed by atoms with Crippen molar-refractivity contribution in [2.45, 2.75) is 73.1 Å². The molecule has 0 unspecified atom stereocenters. The molecule has 0 atom stereocenters. The number of hydrogen-bond acceptors (Lipinski definition) is 4. The zero-order valence-electron chi connectivity index (χ0n) is 15.0. The van der Waals surface area contributed by atoms with Crippen molar-refractivity contribution in [3.8, 4) is 0 Å². The van der Waals surface area contributed by atoms with Crippen LogP contribution in [0.1, 0.15) is 73.1 Å². The first-order valence-corrected chi connectivity index (χ1v) is 8.62. The standard InChI is InChI=1S/C18H34O4/c1-14(2)8-6-10-17(19)21-12-16(5)13-22-18(20)11-7-9-15(3)4/h14-16H,6-13H2,1-5H3. The summed E-state index contributed by atoms with van der Waals surface area (Å²) in [7, 11) is 0. The molecule has 0 saturated carbocycles. The third-order valence-electron chi connectivity index (χ3n) is 3.38. The van der Waals surface area contributed by atoms with E-state index in [1.165, 1.54) is 0 Å². The van der Waals surface area contributed by atoms with Gasteiger partial charge in [-0.15, -0.1) is 0 Å². The van der Waals surface area contributed by atoms with Crippen LogP contribution in [-0.2, 0) is 19.1 Å². The molecule has 0 bridgehead atoms. The maximum absolute atomic E-state index is 11.5. The molecule has 4 heteroatoms. The summed E-state index contributed by atoms with van der Waals surface area (Å²) in [6.07, 6.45) is 4.77. The lowest BCUT2D eigenvalue weighted by atomic mass is 10.1. The van der Waals surface area contributed by atoms with E-state index in [2.05, 4.69) is 27.7 Å². The average molecular weight is 314 g/mol. The Kier molecular flexibility index (Phi) is 11.9. The Morgan fingerprint density at radius 3 is 1.41 bits per heavy atom. The Labute approximate surface area is 135 Å². The number of carbonyl (C=O) groups excluding carboxylic acids is 2. The molecule has 0 N–H and O–H groups in total. The first-order valence-electron chi connectivity index (χ1n) is 8.62. The Morgan fingerprint density at radius 2 is 1.09 bits per heavy atom. The number of ether oxygens (including phenoxy) is 2. The second-order valence-electron chi connectivity index (χ2n) is 7.04. The lowest BCUT2D eigenvalue weighted by Crippen LogP contribution is -2.18. The first-order chi connectivity index (χ1) is 10.3. The summed E-state index contributed by atoms with van der Waals surface area (Å²) in [4.78, 5) is 23.1. The maximum Gasteiger partial charge on any atom is 0.305 e. The van der Waals surface area contributed by atoms with Crippen LogP contribution >= 0.6 is 0 Å². The normalized spacial score (nSPS) is 11.3. The summed E-state index contributed by atoms with van der Waals surface area (Å²) in [5.74, 6) is 0.957. The molecule has 0 aliphatic carbocycles. The molecule has 0 aliphatic heterocycles. The summed E-state index contributed by atoms with van der Waals surface area (Å²) >= 11 is 0. The molecule has 22 heavy (non-hydrogen) atoms. The Balaban J connectivity index is 3.61. The highest BCUT2D eigenvalue weighted by Crippen LogP contribution is 2.09. The fourth-order valence-electron chi connectivity index (χ4n) is 1.97. The van der Waals surface area contributed by atoms with E-state index >= 15 is 0 Å². The SMILES string of the molecule is CC(C)CCCC(=O)OCC(C)COC(=O)CCCC(C)C. The van der Waals surface area contributed by atoms with Crippen LogP contribution in [0.3, 0.4) is 0 Å². The molecule has 0 amide bonds. The highest BCUT2D eigenvalue weighted by Gasteiger charge is 2.11. The van der Waals surface area contributed by atoms with Crippen molar-refractivity contribution in [3.63, 3.8) is 0 Å². The van der Waals surface area contributed by atoms with Gasteiger partial charge in [0.2, 0.25) is 0 Å². The molecule has 0 aromatic heterocycles. The Bertz CT molecular complexity index is 280. The van der Waals surface area contributed by atoms with Crippen LogP contribution in [-0.4, -0.2) is 25.2 Å². The van der Waals surface area contributed by atoms with Crippen LogP contribution < -0.4 is 0 Å². The van der Waals surface area contributed by atoms with Crippen LogP contribution in [0.4, 0.5) is 0 Å². The topological polar surface area (TPSA) is 52.6 Å². The third-order valence-corrected chi connectivity index (χ3v) is 3.38. The van der Waals surface area contributed by atoms with Crippen molar-refractivity contribution < 1.29 is 19.1 Å². The summed E-state index contributed by atoms with van der Waals surface area (Å²) in [5.41, 5.74) is 0. The number of hydrogen-bond donors (Lipinski definition) is 0. The molecular formula is C18H34O4. The van der Waals surface area contributed by atoms with Gasteiger partial charge in [-0.25, -0.2) is 0 Å². The van der Waals surface area contributed by atoms with Gasteiger partial charge >= 0.3 is 11.9 Å². The minimum atomic E-state index is -0.157. The van der Waals surface area contributed by atoms with E-state index in [9.17, 15) is 9.59 Å². The fourth-order valence-corrected chi connectivity index (χ4v) is 1.97. The second kappa shape index (κ2) is 12.5. The monoisotopic (exact) mass is 314 g/mol. The van der Waals surface area contributed by atoms with E-state index < -0.39 is 0 Å². The van der Waals surface area contributed by atoms with Gasteiger partial charge < -0.3 is 9.47 Å². The van der Waals surface area contributed by atoms with Crippen LogP contribution in [0.5, 0.6) is 0 Å². The molecule has 4 nitrogen and oxygen atoms in total. The first kappa shape index (κ1) is 20.9. The zero-order valence-corrected chi connectivity index (χ0v) is 15.0. The van der Waals surface area contributed by atoms with Gasteiger partial charge in [0.25, 0.3) is 0 Å².